The van der Waals surface area contributed by atoms with Gasteiger partial charge in [0.15, 0.2) is 0 Å². The van der Waals surface area contributed by atoms with Crippen LogP contribution in [-0.2, 0) is 0 Å². The van der Waals surface area contributed by atoms with Gasteiger partial charge in [0.2, 0.25) is 0 Å². The van der Waals surface area contributed by atoms with Crippen LogP contribution < -0.4 is 10.2 Å². The summed E-state index contributed by atoms with van der Waals surface area (Å²) in [6.07, 6.45) is 6.01. The normalized spacial score (nSPS) is 10.7. The predicted octanol–water partition coefficient (Wildman–Crippen LogP) is 4.32. The highest BCUT2D eigenvalue weighted by molar-refractivity contribution is 5.95. The predicted molar refractivity (Wildman–Crippen MR) is 104 cm³/mol. The highest BCUT2D eigenvalue weighted by atomic mass is 16.6. The molecule has 0 heterocycles. The Balaban J connectivity index is 1.80. The fourth-order valence-corrected chi connectivity index (χ4v) is 2.33. The Morgan fingerprint density at radius 3 is 2.44 bits per heavy atom. The number of carbonyl (C=O) groups is 1. The first-order chi connectivity index (χ1) is 13.1. The Morgan fingerprint density at radius 2 is 1.81 bits per heavy atom. The Morgan fingerprint density at radius 1 is 1.11 bits per heavy atom. The first kappa shape index (κ1) is 20.1. The van der Waals surface area contributed by atoms with E-state index in [-0.39, 0.29) is 11.6 Å². The standard InChI is InChI=1S/C20H23N3O4/c1-2-3-4-5-14-27-19-12-8-17(9-13-19)20(24)22-21-15-16-6-10-18(11-7-16)23(25)26/h6-13,15H,2-5,14H2,1H3,(H,22,24)/b21-15+. The molecule has 0 saturated heterocycles. The summed E-state index contributed by atoms with van der Waals surface area (Å²) in [6.45, 7) is 2.84. The van der Waals surface area contributed by atoms with E-state index in [0.29, 0.717) is 17.7 Å². The van der Waals surface area contributed by atoms with Crippen molar-refractivity contribution in [3.05, 3.63) is 69.8 Å². The molecule has 2 aromatic rings. The minimum atomic E-state index is -0.471. The number of benzene rings is 2. The number of hydrazone groups is 1. The van der Waals surface area contributed by atoms with Crippen LogP contribution in [0.5, 0.6) is 5.75 Å². The number of unbranched alkanes of at least 4 members (excludes halogenated alkanes) is 3. The van der Waals surface area contributed by atoms with Crippen molar-refractivity contribution in [1.29, 1.82) is 0 Å². The molecule has 0 aliphatic carbocycles. The quantitative estimate of drug-likeness (QED) is 0.292. The van der Waals surface area contributed by atoms with Crippen molar-refractivity contribution in [2.75, 3.05) is 6.61 Å². The molecule has 27 heavy (non-hydrogen) atoms. The zero-order valence-electron chi connectivity index (χ0n) is 15.3. The van der Waals surface area contributed by atoms with E-state index < -0.39 is 4.92 Å². The van der Waals surface area contributed by atoms with Crippen LogP contribution in [-0.4, -0.2) is 23.7 Å². The van der Waals surface area contributed by atoms with Crippen molar-refractivity contribution >= 4 is 17.8 Å². The monoisotopic (exact) mass is 369 g/mol. The van der Waals surface area contributed by atoms with Crippen molar-refractivity contribution in [2.45, 2.75) is 32.6 Å². The molecule has 0 saturated carbocycles. The summed E-state index contributed by atoms with van der Waals surface area (Å²) in [6, 6.07) is 12.7. The van der Waals surface area contributed by atoms with Gasteiger partial charge in [0.05, 0.1) is 17.7 Å². The number of nitro groups is 1. The second-order valence-electron chi connectivity index (χ2n) is 5.98. The number of nitro benzene ring substituents is 1. The van der Waals surface area contributed by atoms with Crippen LogP contribution in [0.1, 0.15) is 48.5 Å². The zero-order valence-corrected chi connectivity index (χ0v) is 15.3. The molecule has 0 aliphatic rings. The molecule has 2 aromatic carbocycles. The number of non-ortho nitro benzene ring substituents is 1. The number of amides is 1. The Bertz CT molecular complexity index is 771. The molecule has 0 fully saturated rings. The van der Waals surface area contributed by atoms with Crippen LogP contribution in [0, 0.1) is 10.1 Å². The van der Waals surface area contributed by atoms with Crippen molar-refractivity contribution in [1.82, 2.24) is 5.43 Å². The number of hydrogen-bond donors (Lipinski definition) is 1. The molecule has 2 rings (SSSR count). The van der Waals surface area contributed by atoms with E-state index in [1.54, 1.807) is 36.4 Å². The molecule has 142 valence electrons. The molecule has 7 heteroatoms. The van der Waals surface area contributed by atoms with Crippen LogP contribution in [0.3, 0.4) is 0 Å². The largest absolute Gasteiger partial charge is 0.494 e. The van der Waals surface area contributed by atoms with Gasteiger partial charge in [-0.15, -0.1) is 0 Å². The van der Waals surface area contributed by atoms with Gasteiger partial charge in [0.25, 0.3) is 11.6 Å². The molecule has 0 aliphatic heterocycles. The van der Waals surface area contributed by atoms with Crippen LogP contribution in [0.25, 0.3) is 0 Å². The zero-order chi connectivity index (χ0) is 19.5. The molecule has 0 spiro atoms. The van der Waals surface area contributed by atoms with Crippen molar-refractivity contribution < 1.29 is 14.5 Å². The van der Waals surface area contributed by atoms with Gasteiger partial charge < -0.3 is 4.74 Å². The van der Waals surface area contributed by atoms with Gasteiger partial charge in [-0.2, -0.15) is 5.10 Å². The molecular formula is C20H23N3O4. The Hall–Kier alpha value is -3.22. The summed E-state index contributed by atoms with van der Waals surface area (Å²) < 4.78 is 5.64. The van der Waals surface area contributed by atoms with E-state index >= 15 is 0 Å². The van der Waals surface area contributed by atoms with Gasteiger partial charge in [-0.3, -0.25) is 14.9 Å². The summed E-state index contributed by atoms with van der Waals surface area (Å²) in [4.78, 5) is 22.2. The smallest absolute Gasteiger partial charge is 0.271 e. The van der Waals surface area contributed by atoms with E-state index in [2.05, 4.69) is 17.5 Å². The summed E-state index contributed by atoms with van der Waals surface area (Å²) >= 11 is 0. The Labute approximate surface area is 158 Å². The van der Waals surface area contributed by atoms with Gasteiger partial charge in [0.1, 0.15) is 5.75 Å². The van der Waals surface area contributed by atoms with Crippen LogP contribution in [0.4, 0.5) is 5.69 Å². The number of nitrogens with zero attached hydrogens (tertiary/aromatic N) is 2. The minimum absolute atomic E-state index is 0.00357. The van der Waals surface area contributed by atoms with Gasteiger partial charge in [-0.05, 0) is 48.4 Å². The molecule has 1 N–H and O–H groups in total. The van der Waals surface area contributed by atoms with Gasteiger partial charge in [-0.1, -0.05) is 26.2 Å². The topological polar surface area (TPSA) is 93.8 Å². The third kappa shape index (κ3) is 6.89. The molecule has 0 unspecified atom stereocenters. The van der Waals surface area contributed by atoms with Crippen molar-refractivity contribution in [3.63, 3.8) is 0 Å². The van der Waals surface area contributed by atoms with Crippen molar-refractivity contribution in [2.24, 2.45) is 5.10 Å². The molecule has 0 radical (unpaired) electrons. The minimum Gasteiger partial charge on any atom is -0.494 e. The lowest BCUT2D eigenvalue weighted by Gasteiger charge is -2.06. The molecule has 7 nitrogen and oxygen atoms in total. The lowest BCUT2D eigenvalue weighted by atomic mass is 10.2. The van der Waals surface area contributed by atoms with E-state index in [1.807, 2.05) is 0 Å². The maximum atomic E-state index is 12.1. The first-order valence-corrected chi connectivity index (χ1v) is 8.91. The highest BCUT2D eigenvalue weighted by Gasteiger charge is 2.05. The van der Waals surface area contributed by atoms with Gasteiger partial charge in [-0.25, -0.2) is 5.43 Å². The lowest BCUT2D eigenvalue weighted by molar-refractivity contribution is -0.384. The summed E-state index contributed by atoms with van der Waals surface area (Å²) in [7, 11) is 0. The number of nitrogens with one attached hydrogen (secondary N) is 1. The maximum absolute atomic E-state index is 12.1. The van der Waals surface area contributed by atoms with E-state index in [4.69, 9.17) is 4.74 Å². The van der Waals surface area contributed by atoms with E-state index in [1.165, 1.54) is 31.2 Å². The van der Waals surface area contributed by atoms with Crippen molar-refractivity contribution in [3.8, 4) is 5.75 Å². The third-order valence-electron chi connectivity index (χ3n) is 3.87. The lowest BCUT2D eigenvalue weighted by Crippen LogP contribution is -2.17. The second kappa shape index (κ2) is 10.7. The first-order valence-electron chi connectivity index (χ1n) is 8.91. The summed E-state index contributed by atoms with van der Waals surface area (Å²) in [5, 5.41) is 14.5. The molecule has 0 bridgehead atoms. The SMILES string of the molecule is CCCCCCOc1ccc(C(=O)N/N=C/c2ccc([N+](=O)[O-])cc2)cc1. The molecular weight excluding hydrogens is 346 g/mol. The second-order valence-corrected chi connectivity index (χ2v) is 5.98. The van der Waals surface area contributed by atoms with E-state index in [0.717, 1.165) is 18.6 Å². The number of carbonyl (C=O) groups excluding carboxylic acids is 1. The number of rotatable bonds is 10. The number of hydrogen-bond acceptors (Lipinski definition) is 5. The maximum Gasteiger partial charge on any atom is 0.271 e. The Kier molecular flexibility index (Phi) is 7.96. The third-order valence-corrected chi connectivity index (χ3v) is 3.87. The fourth-order valence-electron chi connectivity index (χ4n) is 2.33. The molecule has 0 aromatic heterocycles. The molecule has 1 amide bonds. The van der Waals surface area contributed by atoms with Crippen LogP contribution >= 0.6 is 0 Å². The van der Waals surface area contributed by atoms with Crippen LogP contribution in [0.2, 0.25) is 0 Å². The average molecular weight is 369 g/mol. The summed E-state index contributed by atoms with van der Waals surface area (Å²) in [5.41, 5.74) is 3.54. The van der Waals surface area contributed by atoms with Crippen LogP contribution in [0.15, 0.2) is 53.6 Å². The van der Waals surface area contributed by atoms with Gasteiger partial charge in [0, 0.05) is 17.7 Å². The average Bonchev–Trinajstić information content (AvgIpc) is 2.68. The van der Waals surface area contributed by atoms with E-state index in [9.17, 15) is 14.9 Å². The summed E-state index contributed by atoms with van der Waals surface area (Å²) in [5.74, 6) is 0.389. The number of ether oxygens (including phenoxy) is 1. The fraction of sp³-hybridized carbons (Fsp3) is 0.300. The molecule has 0 atom stereocenters. The highest BCUT2D eigenvalue weighted by Crippen LogP contribution is 2.13. The van der Waals surface area contributed by atoms with Gasteiger partial charge >= 0.3 is 0 Å².